The van der Waals surface area contributed by atoms with Crippen molar-refractivity contribution >= 4 is 17.3 Å². The number of nitrogens with zero attached hydrogens (tertiary/aromatic N) is 2. The fraction of sp³-hybridized carbons (Fsp3) is 0.462. The molecule has 1 atom stereocenters. The number of rotatable bonds is 6. The van der Waals surface area contributed by atoms with Crippen LogP contribution in [0.3, 0.4) is 0 Å². The van der Waals surface area contributed by atoms with Crippen LogP contribution in [0, 0.1) is 10.1 Å². The average Bonchev–Trinajstić information content (AvgIpc) is 2.42. The van der Waals surface area contributed by atoms with Crippen molar-refractivity contribution in [2.24, 2.45) is 0 Å². The molecule has 116 valence electrons. The third-order valence-corrected chi connectivity index (χ3v) is 2.78. The van der Waals surface area contributed by atoms with Gasteiger partial charge in [-0.25, -0.2) is 0 Å². The number of ether oxygens (including phenoxy) is 1. The number of methoxy groups -OCH3 is 1. The molecule has 0 saturated heterocycles. The van der Waals surface area contributed by atoms with Crippen LogP contribution < -0.4 is 15.0 Å². The molecule has 8 nitrogen and oxygen atoms in total. The Bertz CT molecular complexity index is 543. The van der Waals surface area contributed by atoms with Gasteiger partial charge in [0.1, 0.15) is 11.4 Å². The Morgan fingerprint density at radius 3 is 2.57 bits per heavy atom. The van der Waals surface area contributed by atoms with Crippen LogP contribution in [0.4, 0.5) is 11.4 Å². The number of amides is 1. The van der Waals surface area contributed by atoms with E-state index in [1.807, 2.05) is 0 Å². The van der Waals surface area contributed by atoms with Gasteiger partial charge >= 0.3 is 0 Å². The molecule has 21 heavy (non-hydrogen) atoms. The normalized spacial score (nSPS) is 11.7. The molecule has 0 fully saturated rings. The lowest BCUT2D eigenvalue weighted by Crippen LogP contribution is -2.31. The smallest absolute Gasteiger partial charge is 0.293 e. The number of hydrogen-bond donors (Lipinski definition) is 2. The summed E-state index contributed by atoms with van der Waals surface area (Å²) in [5.41, 5.74) is 0.197. The molecule has 2 N–H and O–H groups in total. The Kier molecular flexibility index (Phi) is 5.48. The second-order valence-corrected chi connectivity index (χ2v) is 4.75. The number of carbonyl (C=O) groups is 1. The Balaban J connectivity index is 3.28. The third-order valence-electron chi connectivity index (χ3n) is 2.78. The van der Waals surface area contributed by atoms with E-state index >= 15 is 0 Å². The Labute approximate surface area is 122 Å². The molecule has 0 aliphatic rings. The zero-order chi connectivity index (χ0) is 16.2. The maximum Gasteiger partial charge on any atom is 0.293 e. The zero-order valence-electron chi connectivity index (χ0n) is 12.4. The van der Waals surface area contributed by atoms with Crippen molar-refractivity contribution in [1.82, 2.24) is 5.32 Å². The van der Waals surface area contributed by atoms with E-state index in [2.05, 4.69) is 5.32 Å². The summed E-state index contributed by atoms with van der Waals surface area (Å²) in [5.74, 6) is -0.312. The van der Waals surface area contributed by atoms with Crippen LogP contribution in [0.2, 0.25) is 0 Å². The predicted octanol–water partition coefficient (Wildman–Crippen LogP) is 0.780. The summed E-state index contributed by atoms with van der Waals surface area (Å²) in [6.45, 7) is 1.57. The Hall–Kier alpha value is -2.35. The molecule has 0 aliphatic carbocycles. The van der Waals surface area contributed by atoms with E-state index in [1.165, 1.54) is 26.2 Å². The van der Waals surface area contributed by atoms with Crippen molar-refractivity contribution < 1.29 is 19.6 Å². The van der Waals surface area contributed by atoms with E-state index in [0.29, 0.717) is 5.69 Å². The lowest BCUT2D eigenvalue weighted by atomic mass is 10.1. The quantitative estimate of drug-likeness (QED) is 0.594. The van der Waals surface area contributed by atoms with E-state index in [9.17, 15) is 20.0 Å². The minimum absolute atomic E-state index is 0.0468. The van der Waals surface area contributed by atoms with Gasteiger partial charge < -0.3 is 20.1 Å². The third kappa shape index (κ3) is 4.06. The highest BCUT2D eigenvalue weighted by Crippen LogP contribution is 2.34. The fourth-order valence-corrected chi connectivity index (χ4v) is 1.74. The number of aliphatic hydroxyl groups excluding tert-OH is 1. The van der Waals surface area contributed by atoms with Gasteiger partial charge in [-0.2, -0.15) is 0 Å². The fourth-order valence-electron chi connectivity index (χ4n) is 1.74. The molecule has 8 heteroatoms. The zero-order valence-corrected chi connectivity index (χ0v) is 12.4. The summed E-state index contributed by atoms with van der Waals surface area (Å²) in [6.07, 6.45) is -0.712. The molecule has 0 aromatic heterocycles. The van der Waals surface area contributed by atoms with Gasteiger partial charge in [0.25, 0.3) is 11.6 Å². The minimum atomic E-state index is -0.712. The number of hydrogen-bond acceptors (Lipinski definition) is 6. The molecule has 0 saturated carbocycles. The first-order valence-electron chi connectivity index (χ1n) is 6.28. The van der Waals surface area contributed by atoms with Crippen LogP contribution in [0.15, 0.2) is 12.1 Å². The summed E-state index contributed by atoms with van der Waals surface area (Å²) in [4.78, 5) is 24.2. The van der Waals surface area contributed by atoms with Crippen LogP contribution in [0.1, 0.15) is 17.3 Å². The van der Waals surface area contributed by atoms with Crippen LogP contribution in [-0.2, 0) is 0 Å². The van der Waals surface area contributed by atoms with Crippen molar-refractivity contribution in [3.63, 3.8) is 0 Å². The first kappa shape index (κ1) is 16.7. The topological polar surface area (TPSA) is 105 Å². The Morgan fingerprint density at radius 1 is 1.52 bits per heavy atom. The van der Waals surface area contributed by atoms with Crippen molar-refractivity contribution in [2.75, 3.05) is 32.6 Å². The second kappa shape index (κ2) is 6.89. The highest BCUT2D eigenvalue weighted by atomic mass is 16.6. The second-order valence-electron chi connectivity index (χ2n) is 4.75. The molecule has 0 spiro atoms. The number of nitro benzene ring substituents is 1. The summed E-state index contributed by atoms with van der Waals surface area (Å²) >= 11 is 0. The van der Waals surface area contributed by atoms with Crippen molar-refractivity contribution in [1.29, 1.82) is 0 Å². The van der Waals surface area contributed by atoms with Gasteiger partial charge in [0, 0.05) is 32.8 Å². The summed E-state index contributed by atoms with van der Waals surface area (Å²) in [5, 5.41) is 22.8. The summed E-state index contributed by atoms with van der Waals surface area (Å²) in [6, 6.07) is 2.61. The van der Waals surface area contributed by atoms with E-state index in [4.69, 9.17) is 4.74 Å². The van der Waals surface area contributed by atoms with Gasteiger partial charge in [-0.3, -0.25) is 14.9 Å². The van der Waals surface area contributed by atoms with Gasteiger partial charge in [0.05, 0.1) is 23.7 Å². The molecule has 1 aromatic rings. The van der Waals surface area contributed by atoms with Gasteiger partial charge in [-0.1, -0.05) is 0 Å². The van der Waals surface area contributed by atoms with Gasteiger partial charge in [0.2, 0.25) is 0 Å². The lowest BCUT2D eigenvalue weighted by Gasteiger charge is -2.16. The molecule has 0 heterocycles. The number of anilines is 1. The van der Waals surface area contributed by atoms with Crippen LogP contribution in [0.5, 0.6) is 5.75 Å². The highest BCUT2D eigenvalue weighted by molar-refractivity contribution is 5.98. The van der Waals surface area contributed by atoms with Crippen LogP contribution in [-0.4, -0.2) is 49.8 Å². The van der Waals surface area contributed by atoms with E-state index in [0.717, 1.165) is 0 Å². The van der Waals surface area contributed by atoms with Crippen molar-refractivity contribution in [3.8, 4) is 5.75 Å². The number of nitro groups is 1. The lowest BCUT2D eigenvalue weighted by molar-refractivity contribution is -0.384. The Morgan fingerprint density at radius 2 is 2.14 bits per heavy atom. The van der Waals surface area contributed by atoms with E-state index in [1.54, 1.807) is 19.0 Å². The standard InChI is InChI=1S/C13H19N3O5/c1-8(17)7-14-13(18)9-5-11(16(19)20)10(15(2)3)6-12(9)21-4/h5-6,8,17H,7H2,1-4H3,(H,14,18)/t8-/m0/s1. The molecular weight excluding hydrogens is 278 g/mol. The first-order valence-corrected chi connectivity index (χ1v) is 6.28. The van der Waals surface area contributed by atoms with E-state index in [-0.39, 0.29) is 23.5 Å². The van der Waals surface area contributed by atoms with Crippen molar-refractivity contribution in [2.45, 2.75) is 13.0 Å². The molecule has 1 amide bonds. The maximum absolute atomic E-state index is 12.0. The molecule has 0 aliphatic heterocycles. The van der Waals surface area contributed by atoms with Crippen LogP contribution >= 0.6 is 0 Å². The van der Waals surface area contributed by atoms with E-state index < -0.39 is 16.9 Å². The summed E-state index contributed by atoms with van der Waals surface area (Å²) < 4.78 is 5.13. The predicted molar refractivity (Wildman–Crippen MR) is 78.0 cm³/mol. The van der Waals surface area contributed by atoms with Gasteiger partial charge in [-0.15, -0.1) is 0 Å². The molecule has 1 rings (SSSR count). The maximum atomic E-state index is 12.0. The monoisotopic (exact) mass is 297 g/mol. The number of nitrogens with one attached hydrogen (secondary N) is 1. The largest absolute Gasteiger partial charge is 0.496 e. The number of carbonyl (C=O) groups excluding carboxylic acids is 1. The van der Waals surface area contributed by atoms with Crippen LogP contribution in [0.25, 0.3) is 0 Å². The summed E-state index contributed by atoms with van der Waals surface area (Å²) in [7, 11) is 4.70. The van der Waals surface area contributed by atoms with Gasteiger partial charge in [-0.05, 0) is 6.92 Å². The minimum Gasteiger partial charge on any atom is -0.496 e. The van der Waals surface area contributed by atoms with Gasteiger partial charge in [0.15, 0.2) is 0 Å². The first-order chi connectivity index (χ1) is 9.77. The SMILES string of the molecule is COc1cc(N(C)C)c([N+](=O)[O-])cc1C(=O)NC[C@H](C)O. The number of aliphatic hydroxyl groups is 1. The average molecular weight is 297 g/mol. The molecule has 0 radical (unpaired) electrons. The highest BCUT2D eigenvalue weighted by Gasteiger charge is 2.23. The molecule has 1 aromatic carbocycles. The number of benzene rings is 1. The van der Waals surface area contributed by atoms with Crippen molar-refractivity contribution in [3.05, 3.63) is 27.8 Å². The molecule has 0 unspecified atom stereocenters. The molecular formula is C13H19N3O5. The molecule has 0 bridgehead atoms.